The van der Waals surface area contributed by atoms with E-state index in [9.17, 15) is 0 Å². The lowest BCUT2D eigenvalue weighted by atomic mass is 9.67. The van der Waals surface area contributed by atoms with Crippen LogP contribution < -0.4 is 5.32 Å². The van der Waals surface area contributed by atoms with Gasteiger partial charge in [0.15, 0.2) is 0 Å². The van der Waals surface area contributed by atoms with Crippen LogP contribution in [0.2, 0.25) is 0 Å². The Morgan fingerprint density at radius 2 is 1.32 bits per heavy atom. The van der Waals surface area contributed by atoms with Gasteiger partial charge in [-0.1, -0.05) is 65.8 Å². The molecule has 0 aliphatic rings. The van der Waals surface area contributed by atoms with E-state index in [-0.39, 0.29) is 16.4 Å². The van der Waals surface area contributed by atoms with Crippen molar-refractivity contribution in [1.29, 1.82) is 0 Å². The van der Waals surface area contributed by atoms with Crippen LogP contribution in [0, 0.1) is 5.92 Å². The molecule has 1 nitrogen and oxygen atoms in total. The highest BCUT2D eigenvalue weighted by Crippen LogP contribution is 2.40. The molecule has 1 aromatic carbocycles. The van der Waals surface area contributed by atoms with E-state index in [2.05, 4.69) is 92.0 Å². The number of benzene rings is 1. The van der Waals surface area contributed by atoms with Crippen molar-refractivity contribution in [2.75, 3.05) is 7.05 Å². The van der Waals surface area contributed by atoms with Crippen molar-refractivity contribution >= 4 is 0 Å². The number of hydrogen-bond donors (Lipinski definition) is 1. The standard InChI is InChI=1S/C21H37N/c1-16(2)14-19(3,4)17-12-10-11-13-18(17)20(5,6)15-21(7,8)22-9/h10-13,16,22H,14-15H2,1-9H3. The molecular weight excluding hydrogens is 266 g/mol. The predicted molar refractivity (Wildman–Crippen MR) is 99.7 cm³/mol. The van der Waals surface area contributed by atoms with Crippen molar-refractivity contribution in [2.45, 2.75) is 84.6 Å². The fourth-order valence-corrected chi connectivity index (χ4v) is 4.08. The maximum Gasteiger partial charge on any atom is 0.0130 e. The van der Waals surface area contributed by atoms with Crippen molar-refractivity contribution in [1.82, 2.24) is 5.32 Å². The maximum absolute atomic E-state index is 3.46. The molecule has 0 aliphatic heterocycles. The van der Waals surface area contributed by atoms with Gasteiger partial charge in [-0.15, -0.1) is 0 Å². The summed E-state index contributed by atoms with van der Waals surface area (Å²) < 4.78 is 0. The van der Waals surface area contributed by atoms with Gasteiger partial charge in [0.25, 0.3) is 0 Å². The Labute approximate surface area is 138 Å². The minimum Gasteiger partial charge on any atom is -0.315 e. The van der Waals surface area contributed by atoms with Crippen molar-refractivity contribution in [3.05, 3.63) is 35.4 Å². The van der Waals surface area contributed by atoms with E-state index in [1.165, 1.54) is 17.5 Å². The Kier molecular flexibility index (Phi) is 5.89. The van der Waals surface area contributed by atoms with Crippen LogP contribution in [0.5, 0.6) is 0 Å². The number of rotatable bonds is 7. The van der Waals surface area contributed by atoms with E-state index in [1.807, 2.05) is 0 Å². The fraction of sp³-hybridized carbons (Fsp3) is 0.714. The molecule has 1 rings (SSSR count). The largest absolute Gasteiger partial charge is 0.315 e. The van der Waals surface area contributed by atoms with Crippen molar-refractivity contribution in [3.8, 4) is 0 Å². The summed E-state index contributed by atoms with van der Waals surface area (Å²) in [4.78, 5) is 0. The van der Waals surface area contributed by atoms with Crippen LogP contribution in [-0.4, -0.2) is 12.6 Å². The minimum atomic E-state index is 0.138. The van der Waals surface area contributed by atoms with Crippen LogP contribution in [0.4, 0.5) is 0 Å². The molecule has 0 aromatic heterocycles. The molecule has 0 bridgehead atoms. The average molecular weight is 304 g/mol. The summed E-state index contributed by atoms with van der Waals surface area (Å²) >= 11 is 0. The average Bonchev–Trinajstić information content (AvgIpc) is 2.36. The summed E-state index contributed by atoms with van der Waals surface area (Å²) in [5, 5.41) is 3.46. The first-order valence-electron chi connectivity index (χ1n) is 8.70. The second-order valence-corrected chi connectivity index (χ2v) is 9.22. The van der Waals surface area contributed by atoms with Gasteiger partial charge in [0.2, 0.25) is 0 Å². The lowest BCUT2D eigenvalue weighted by molar-refractivity contribution is 0.298. The van der Waals surface area contributed by atoms with E-state index in [4.69, 9.17) is 0 Å². The first-order chi connectivity index (χ1) is 9.91. The van der Waals surface area contributed by atoms with Gasteiger partial charge in [-0.25, -0.2) is 0 Å². The van der Waals surface area contributed by atoms with Gasteiger partial charge < -0.3 is 5.32 Å². The molecule has 126 valence electrons. The van der Waals surface area contributed by atoms with Crippen LogP contribution in [0.25, 0.3) is 0 Å². The first-order valence-corrected chi connectivity index (χ1v) is 8.70. The summed E-state index contributed by atoms with van der Waals surface area (Å²) in [5.74, 6) is 0.708. The summed E-state index contributed by atoms with van der Waals surface area (Å²) in [6, 6.07) is 9.06. The minimum absolute atomic E-state index is 0.138. The Balaban J connectivity index is 3.26. The van der Waals surface area contributed by atoms with Gasteiger partial charge in [-0.05, 0) is 61.6 Å². The van der Waals surface area contributed by atoms with E-state index < -0.39 is 0 Å². The van der Waals surface area contributed by atoms with Gasteiger partial charge in [-0.2, -0.15) is 0 Å². The lowest BCUT2D eigenvalue weighted by Crippen LogP contribution is -2.42. The third-order valence-electron chi connectivity index (χ3n) is 4.86. The Hall–Kier alpha value is -0.820. The Morgan fingerprint density at radius 1 is 0.864 bits per heavy atom. The van der Waals surface area contributed by atoms with Crippen LogP contribution in [0.3, 0.4) is 0 Å². The molecule has 0 radical (unpaired) electrons. The lowest BCUT2D eigenvalue weighted by Gasteiger charge is -2.39. The van der Waals surface area contributed by atoms with Gasteiger partial charge in [0.05, 0.1) is 0 Å². The summed E-state index contributed by atoms with van der Waals surface area (Å²) in [5.41, 5.74) is 3.52. The van der Waals surface area contributed by atoms with Crippen LogP contribution in [0.1, 0.15) is 79.4 Å². The summed E-state index contributed by atoms with van der Waals surface area (Å²) in [7, 11) is 2.06. The van der Waals surface area contributed by atoms with E-state index in [0.717, 1.165) is 6.42 Å². The van der Waals surface area contributed by atoms with Crippen LogP contribution in [-0.2, 0) is 10.8 Å². The van der Waals surface area contributed by atoms with E-state index in [1.54, 1.807) is 0 Å². The highest BCUT2D eigenvalue weighted by molar-refractivity contribution is 5.38. The molecule has 0 amide bonds. The molecule has 22 heavy (non-hydrogen) atoms. The van der Waals surface area contributed by atoms with Gasteiger partial charge in [-0.3, -0.25) is 0 Å². The fourth-order valence-electron chi connectivity index (χ4n) is 4.08. The van der Waals surface area contributed by atoms with Gasteiger partial charge in [0.1, 0.15) is 0 Å². The van der Waals surface area contributed by atoms with E-state index >= 15 is 0 Å². The van der Waals surface area contributed by atoms with Crippen molar-refractivity contribution in [2.24, 2.45) is 5.92 Å². The maximum atomic E-state index is 3.46. The second kappa shape index (κ2) is 6.74. The summed E-state index contributed by atoms with van der Waals surface area (Å²) in [6.07, 6.45) is 2.33. The molecule has 0 aliphatic carbocycles. The molecule has 0 spiro atoms. The second-order valence-electron chi connectivity index (χ2n) is 9.22. The Bertz CT molecular complexity index is 480. The molecule has 0 heterocycles. The normalized spacial score (nSPS) is 13.7. The molecule has 1 N–H and O–H groups in total. The topological polar surface area (TPSA) is 12.0 Å². The Morgan fingerprint density at radius 3 is 1.73 bits per heavy atom. The van der Waals surface area contributed by atoms with Gasteiger partial charge >= 0.3 is 0 Å². The quantitative estimate of drug-likeness (QED) is 0.683. The summed E-state index contributed by atoms with van der Waals surface area (Å²) in [6.45, 7) is 18.8. The smallest absolute Gasteiger partial charge is 0.0130 e. The van der Waals surface area contributed by atoms with Crippen molar-refractivity contribution < 1.29 is 0 Å². The van der Waals surface area contributed by atoms with Crippen molar-refractivity contribution in [3.63, 3.8) is 0 Å². The monoisotopic (exact) mass is 303 g/mol. The molecular formula is C21H37N. The zero-order valence-electron chi connectivity index (χ0n) is 16.3. The molecule has 0 saturated carbocycles. The zero-order valence-corrected chi connectivity index (χ0v) is 16.3. The van der Waals surface area contributed by atoms with Crippen LogP contribution in [0.15, 0.2) is 24.3 Å². The molecule has 0 atom stereocenters. The molecule has 1 aromatic rings. The number of nitrogens with one attached hydrogen (secondary N) is 1. The number of hydrogen-bond acceptors (Lipinski definition) is 1. The van der Waals surface area contributed by atoms with Crippen LogP contribution >= 0.6 is 0 Å². The molecule has 1 heteroatoms. The molecule has 0 fully saturated rings. The third kappa shape index (κ3) is 4.84. The molecule has 0 unspecified atom stereocenters. The third-order valence-corrected chi connectivity index (χ3v) is 4.86. The first kappa shape index (κ1) is 19.2. The zero-order chi connectivity index (χ0) is 17.2. The highest BCUT2D eigenvalue weighted by Gasteiger charge is 2.34. The van der Waals surface area contributed by atoms with E-state index in [0.29, 0.717) is 5.92 Å². The predicted octanol–water partition coefficient (Wildman–Crippen LogP) is 5.68. The highest BCUT2D eigenvalue weighted by atomic mass is 14.9. The van der Waals surface area contributed by atoms with Gasteiger partial charge in [0, 0.05) is 5.54 Å². The SMILES string of the molecule is CNC(C)(C)CC(C)(C)c1ccccc1C(C)(C)CC(C)C. The molecule has 0 saturated heterocycles.